The van der Waals surface area contributed by atoms with E-state index >= 15 is 0 Å². The van der Waals surface area contributed by atoms with Crippen molar-refractivity contribution in [1.82, 2.24) is 9.97 Å². The largest absolute Gasteiger partial charge is 0.493 e. The van der Waals surface area contributed by atoms with Crippen LogP contribution in [0.5, 0.6) is 5.75 Å². The maximum absolute atomic E-state index is 13.7. The number of benzene rings is 1. The van der Waals surface area contributed by atoms with Gasteiger partial charge in [0.2, 0.25) is 5.82 Å². The number of pyridine rings is 2. The Morgan fingerprint density at radius 2 is 1.91 bits per heavy atom. The number of rotatable bonds is 3. The Hall–Kier alpha value is -3.29. The van der Waals surface area contributed by atoms with Gasteiger partial charge in [-0.2, -0.15) is 4.39 Å². The van der Waals surface area contributed by atoms with E-state index in [1.165, 1.54) is 31.6 Å². The van der Waals surface area contributed by atoms with Crippen LogP contribution in [-0.2, 0) is 0 Å². The third kappa shape index (κ3) is 5.21. The molecule has 33 heavy (non-hydrogen) atoms. The van der Waals surface area contributed by atoms with Gasteiger partial charge in [0.15, 0.2) is 17.0 Å². The number of primary amides is 1. The van der Waals surface area contributed by atoms with E-state index in [9.17, 15) is 18.4 Å². The maximum Gasteiger partial charge on any atom is 0.268 e. The summed E-state index contributed by atoms with van der Waals surface area (Å²) in [7, 11) is 1.40. The van der Waals surface area contributed by atoms with Crippen molar-refractivity contribution in [2.75, 3.05) is 7.11 Å². The van der Waals surface area contributed by atoms with Crippen molar-refractivity contribution in [3.05, 3.63) is 69.8 Å². The minimum absolute atomic E-state index is 0.00403. The molecule has 1 aromatic carbocycles. The van der Waals surface area contributed by atoms with Gasteiger partial charge in [-0.1, -0.05) is 26.8 Å². The van der Waals surface area contributed by atoms with Crippen LogP contribution in [0.4, 0.5) is 8.78 Å². The summed E-state index contributed by atoms with van der Waals surface area (Å²) >= 11 is 0. The van der Waals surface area contributed by atoms with E-state index in [0.717, 1.165) is 24.8 Å². The van der Waals surface area contributed by atoms with E-state index < -0.39 is 17.5 Å². The van der Waals surface area contributed by atoms with Crippen LogP contribution in [0, 0.1) is 23.0 Å². The Morgan fingerprint density at radius 1 is 1.18 bits per heavy atom. The number of H-pyrrole nitrogens is 1. The molecule has 2 atom stereocenters. The average molecular weight is 458 g/mol. The molecular formula is C25H29F2N3O3. The Bertz CT molecular complexity index is 1210. The fourth-order valence-corrected chi connectivity index (χ4v) is 4.44. The molecule has 0 spiro atoms. The van der Waals surface area contributed by atoms with Gasteiger partial charge in [0, 0.05) is 24.0 Å². The van der Waals surface area contributed by atoms with Crippen molar-refractivity contribution in [1.29, 1.82) is 0 Å². The second-order valence-electron chi connectivity index (χ2n) is 9.35. The van der Waals surface area contributed by atoms with Crippen molar-refractivity contribution < 1.29 is 18.3 Å². The van der Waals surface area contributed by atoms with Crippen LogP contribution in [0.15, 0.2) is 41.5 Å². The number of ether oxygens (including phenoxy) is 1. The Morgan fingerprint density at radius 3 is 2.52 bits per heavy atom. The van der Waals surface area contributed by atoms with Gasteiger partial charge in [-0.15, -0.1) is 0 Å². The number of amides is 1. The number of carbonyl (C=O) groups is 1. The first-order valence-corrected chi connectivity index (χ1v) is 10.8. The van der Waals surface area contributed by atoms with E-state index in [2.05, 4.69) is 30.7 Å². The van der Waals surface area contributed by atoms with Crippen molar-refractivity contribution in [3.63, 3.8) is 0 Å². The van der Waals surface area contributed by atoms with Crippen LogP contribution in [0.2, 0.25) is 0 Å². The highest BCUT2D eigenvalue weighted by Crippen LogP contribution is 2.48. The van der Waals surface area contributed by atoms with Gasteiger partial charge in [-0.25, -0.2) is 4.39 Å². The molecule has 0 aliphatic heterocycles. The van der Waals surface area contributed by atoms with Crippen molar-refractivity contribution in [2.45, 2.75) is 46.0 Å². The third-order valence-corrected chi connectivity index (χ3v) is 6.29. The highest BCUT2D eigenvalue weighted by molar-refractivity contribution is 6.03. The third-order valence-electron chi connectivity index (χ3n) is 6.29. The highest BCUT2D eigenvalue weighted by atomic mass is 19.2. The number of nitrogens with one attached hydrogen (secondary N) is 1. The van der Waals surface area contributed by atoms with E-state index in [-0.39, 0.29) is 33.6 Å². The Labute approximate surface area is 191 Å². The van der Waals surface area contributed by atoms with Gasteiger partial charge in [-0.05, 0) is 48.6 Å². The first kappa shape index (κ1) is 24.4. The number of nitrogens with zero attached hydrogens (tertiary/aromatic N) is 1. The molecule has 3 N–H and O–H groups in total. The topological polar surface area (TPSA) is 98.1 Å². The smallest absolute Gasteiger partial charge is 0.268 e. The number of methoxy groups -OCH3 is 1. The van der Waals surface area contributed by atoms with E-state index in [1.54, 1.807) is 12.1 Å². The van der Waals surface area contributed by atoms with Gasteiger partial charge in [-0.3, -0.25) is 14.6 Å². The Balaban J connectivity index is 0.000000194. The molecule has 1 aliphatic carbocycles. The predicted octanol–water partition coefficient (Wildman–Crippen LogP) is 4.93. The SMILES string of the molecule is COc1c(C2CCC(C(C)(C)C)C2)ccc(F)c1F.NC(=O)c1nccc2[nH]ccc(=O)c12. The Kier molecular flexibility index (Phi) is 7.15. The number of nitrogens with two attached hydrogens (primary N) is 1. The summed E-state index contributed by atoms with van der Waals surface area (Å²) in [5.74, 6) is -1.43. The number of carbonyl (C=O) groups excluding carboxylic acids is 1. The lowest BCUT2D eigenvalue weighted by Gasteiger charge is -2.27. The monoisotopic (exact) mass is 457 g/mol. The summed E-state index contributed by atoms with van der Waals surface area (Å²) in [6.45, 7) is 6.72. The standard InChI is InChI=1S/C16H22F2O.C9H7N3O2/c1-16(2,3)11-6-5-10(9-11)12-7-8-13(17)14(18)15(12)19-4;10-9(14)8-7-5(1-3-12-8)11-4-2-6(7)13/h7-8,10-11H,5-6,9H2,1-4H3;1-4H,(H2,10,14)(H,11,13). The first-order chi connectivity index (χ1) is 15.5. The number of halogens is 2. The zero-order chi connectivity index (χ0) is 24.3. The summed E-state index contributed by atoms with van der Waals surface area (Å²) < 4.78 is 32.1. The quantitative estimate of drug-likeness (QED) is 0.583. The lowest BCUT2D eigenvalue weighted by Crippen LogP contribution is -2.17. The molecule has 0 saturated heterocycles. The van der Waals surface area contributed by atoms with E-state index in [1.807, 2.05) is 0 Å². The molecule has 2 unspecified atom stereocenters. The second kappa shape index (κ2) is 9.68. The van der Waals surface area contributed by atoms with E-state index in [4.69, 9.17) is 10.5 Å². The van der Waals surface area contributed by atoms with E-state index in [0.29, 0.717) is 11.4 Å². The summed E-state index contributed by atoms with van der Waals surface area (Å²) in [4.78, 5) is 29.0. The van der Waals surface area contributed by atoms with Crippen molar-refractivity contribution in [2.24, 2.45) is 17.1 Å². The normalized spacial score (nSPS) is 18.0. The predicted molar refractivity (Wildman–Crippen MR) is 123 cm³/mol. The molecule has 2 aromatic heterocycles. The summed E-state index contributed by atoms with van der Waals surface area (Å²) in [6, 6.07) is 5.82. The summed E-state index contributed by atoms with van der Waals surface area (Å²) in [6.07, 6.45) is 6.11. The molecular weight excluding hydrogens is 428 g/mol. The molecule has 6 nitrogen and oxygen atoms in total. The number of hydrogen-bond acceptors (Lipinski definition) is 4. The lowest BCUT2D eigenvalue weighted by atomic mass is 9.79. The molecule has 1 amide bonds. The molecule has 2 heterocycles. The maximum atomic E-state index is 13.7. The van der Waals surface area contributed by atoms with Gasteiger partial charge in [0.1, 0.15) is 5.69 Å². The molecule has 3 aromatic rings. The second-order valence-corrected chi connectivity index (χ2v) is 9.35. The van der Waals surface area contributed by atoms with Gasteiger partial charge < -0.3 is 15.5 Å². The summed E-state index contributed by atoms with van der Waals surface area (Å²) in [5.41, 5.74) is 6.47. The molecule has 4 rings (SSSR count). The zero-order valence-electron chi connectivity index (χ0n) is 19.2. The molecule has 176 valence electrons. The summed E-state index contributed by atoms with van der Waals surface area (Å²) in [5, 5.41) is 0.238. The minimum atomic E-state index is -0.862. The van der Waals surface area contributed by atoms with Gasteiger partial charge in [0.05, 0.1) is 18.0 Å². The van der Waals surface area contributed by atoms with Crippen molar-refractivity contribution in [3.8, 4) is 5.75 Å². The number of aromatic nitrogens is 2. The molecule has 0 bridgehead atoms. The molecule has 8 heteroatoms. The lowest BCUT2D eigenvalue weighted by molar-refractivity contribution is 0.0997. The molecule has 1 saturated carbocycles. The van der Waals surface area contributed by atoms with Crippen LogP contribution >= 0.6 is 0 Å². The van der Waals surface area contributed by atoms with Crippen LogP contribution in [0.25, 0.3) is 10.9 Å². The molecule has 1 fully saturated rings. The van der Waals surface area contributed by atoms with Gasteiger partial charge in [0.25, 0.3) is 5.91 Å². The van der Waals surface area contributed by atoms with Gasteiger partial charge >= 0.3 is 0 Å². The fraction of sp³-hybridized carbons (Fsp3) is 0.400. The number of hydrogen-bond donors (Lipinski definition) is 2. The van der Waals surface area contributed by atoms with Crippen molar-refractivity contribution >= 4 is 16.8 Å². The molecule has 1 aliphatic rings. The van der Waals surface area contributed by atoms with Crippen LogP contribution in [0.1, 0.15) is 62.0 Å². The fourth-order valence-electron chi connectivity index (χ4n) is 4.44. The highest BCUT2D eigenvalue weighted by Gasteiger charge is 2.35. The number of aromatic amines is 1. The zero-order valence-corrected chi connectivity index (χ0v) is 19.2. The number of fused-ring (bicyclic) bond motifs is 1. The minimum Gasteiger partial charge on any atom is -0.493 e. The van der Waals surface area contributed by atoms with Crippen LogP contribution < -0.4 is 15.9 Å². The first-order valence-electron chi connectivity index (χ1n) is 10.8. The average Bonchev–Trinajstić information content (AvgIpc) is 3.26. The van der Waals surface area contributed by atoms with Crippen LogP contribution in [-0.4, -0.2) is 23.0 Å². The van der Waals surface area contributed by atoms with Crippen LogP contribution in [0.3, 0.4) is 0 Å². The molecule has 0 radical (unpaired) electrons.